The van der Waals surface area contributed by atoms with Gasteiger partial charge in [0, 0.05) is 14.8 Å². The lowest BCUT2D eigenvalue weighted by atomic mass is 10.3. The van der Waals surface area contributed by atoms with E-state index in [4.69, 9.17) is 11.6 Å². The molecule has 0 spiro atoms. The summed E-state index contributed by atoms with van der Waals surface area (Å²) in [6.07, 6.45) is 0. The predicted octanol–water partition coefficient (Wildman–Crippen LogP) is 4.63. The van der Waals surface area contributed by atoms with E-state index in [0.717, 1.165) is 9.79 Å². The topological polar surface area (TPSA) is 0 Å². The maximum absolute atomic E-state index is 12.7. The maximum atomic E-state index is 12.7. The third kappa shape index (κ3) is 2.98. The normalized spacial score (nSPS) is 10.3. The SMILES string of the molecule is Fc1ccc(Sc2cccc(Cl)c2)cc1. The third-order valence-electron chi connectivity index (χ3n) is 1.85. The van der Waals surface area contributed by atoms with E-state index in [1.807, 2.05) is 24.3 Å². The van der Waals surface area contributed by atoms with Crippen molar-refractivity contribution in [2.45, 2.75) is 9.79 Å². The van der Waals surface area contributed by atoms with Crippen molar-refractivity contribution >= 4 is 23.4 Å². The van der Waals surface area contributed by atoms with Crippen LogP contribution in [0.2, 0.25) is 5.02 Å². The lowest BCUT2D eigenvalue weighted by molar-refractivity contribution is 0.626. The van der Waals surface area contributed by atoms with Gasteiger partial charge in [0.05, 0.1) is 0 Å². The molecule has 2 rings (SSSR count). The Kier molecular flexibility index (Phi) is 3.29. The maximum Gasteiger partial charge on any atom is 0.123 e. The molecule has 0 saturated heterocycles. The highest BCUT2D eigenvalue weighted by atomic mass is 35.5. The summed E-state index contributed by atoms with van der Waals surface area (Å²) in [5.74, 6) is -0.217. The van der Waals surface area contributed by atoms with E-state index >= 15 is 0 Å². The molecule has 0 heterocycles. The summed E-state index contributed by atoms with van der Waals surface area (Å²) in [7, 11) is 0. The Morgan fingerprint density at radius 3 is 2.33 bits per heavy atom. The van der Waals surface area contributed by atoms with Crippen molar-refractivity contribution in [3.8, 4) is 0 Å². The van der Waals surface area contributed by atoms with Crippen LogP contribution in [0.5, 0.6) is 0 Å². The average Bonchev–Trinajstić information content (AvgIpc) is 2.22. The Bertz CT molecular complexity index is 453. The molecule has 0 aliphatic carbocycles. The molecule has 0 saturated carbocycles. The zero-order valence-electron chi connectivity index (χ0n) is 7.78. The Morgan fingerprint density at radius 2 is 1.67 bits per heavy atom. The fourth-order valence-electron chi connectivity index (χ4n) is 1.17. The second-order valence-electron chi connectivity index (χ2n) is 3.01. The monoisotopic (exact) mass is 238 g/mol. The van der Waals surface area contributed by atoms with Gasteiger partial charge in [-0.15, -0.1) is 0 Å². The van der Waals surface area contributed by atoms with Crippen molar-refractivity contribution in [1.29, 1.82) is 0 Å². The molecule has 0 radical (unpaired) electrons. The largest absolute Gasteiger partial charge is 0.207 e. The standard InChI is InChI=1S/C12H8ClFS/c13-9-2-1-3-12(8-9)15-11-6-4-10(14)5-7-11/h1-8H. The Morgan fingerprint density at radius 1 is 0.933 bits per heavy atom. The van der Waals surface area contributed by atoms with Gasteiger partial charge in [0.1, 0.15) is 5.82 Å². The first-order valence-electron chi connectivity index (χ1n) is 4.43. The predicted molar refractivity (Wildman–Crippen MR) is 62.0 cm³/mol. The summed E-state index contributed by atoms with van der Waals surface area (Å²) in [4.78, 5) is 2.05. The molecule has 0 atom stereocenters. The van der Waals surface area contributed by atoms with Gasteiger partial charge in [0.2, 0.25) is 0 Å². The molecular weight excluding hydrogens is 231 g/mol. The van der Waals surface area contributed by atoms with Crippen molar-refractivity contribution in [2.24, 2.45) is 0 Å². The number of benzene rings is 2. The van der Waals surface area contributed by atoms with Crippen LogP contribution in [0.1, 0.15) is 0 Å². The summed E-state index contributed by atoms with van der Waals surface area (Å²) >= 11 is 7.42. The van der Waals surface area contributed by atoms with Crippen LogP contribution in [0.4, 0.5) is 4.39 Å². The Hall–Kier alpha value is -0.990. The molecule has 0 N–H and O–H groups in total. The van der Waals surface area contributed by atoms with E-state index in [2.05, 4.69) is 0 Å². The molecule has 15 heavy (non-hydrogen) atoms. The van der Waals surface area contributed by atoms with Gasteiger partial charge in [0.15, 0.2) is 0 Å². The van der Waals surface area contributed by atoms with Crippen LogP contribution in [-0.2, 0) is 0 Å². The van der Waals surface area contributed by atoms with E-state index in [1.165, 1.54) is 12.1 Å². The van der Waals surface area contributed by atoms with Gasteiger partial charge in [-0.3, -0.25) is 0 Å². The first-order valence-corrected chi connectivity index (χ1v) is 5.62. The lowest BCUT2D eigenvalue weighted by Gasteiger charge is -2.01. The van der Waals surface area contributed by atoms with Crippen LogP contribution >= 0.6 is 23.4 Å². The van der Waals surface area contributed by atoms with Gasteiger partial charge >= 0.3 is 0 Å². The highest BCUT2D eigenvalue weighted by Crippen LogP contribution is 2.29. The van der Waals surface area contributed by atoms with Gasteiger partial charge in [-0.25, -0.2) is 4.39 Å². The van der Waals surface area contributed by atoms with Crippen LogP contribution in [0.3, 0.4) is 0 Å². The van der Waals surface area contributed by atoms with Crippen LogP contribution in [0, 0.1) is 5.82 Å². The highest BCUT2D eigenvalue weighted by Gasteiger charge is 1.98. The minimum atomic E-state index is -0.217. The van der Waals surface area contributed by atoms with Crippen molar-refractivity contribution in [2.75, 3.05) is 0 Å². The number of rotatable bonds is 2. The van der Waals surface area contributed by atoms with Gasteiger partial charge in [-0.1, -0.05) is 29.4 Å². The number of halogens is 2. The zero-order chi connectivity index (χ0) is 10.7. The minimum absolute atomic E-state index is 0.217. The van der Waals surface area contributed by atoms with Gasteiger partial charge in [-0.05, 0) is 42.5 Å². The van der Waals surface area contributed by atoms with E-state index in [1.54, 1.807) is 23.9 Å². The molecular formula is C12H8ClFS. The number of hydrogen-bond donors (Lipinski definition) is 0. The summed E-state index contributed by atoms with van der Waals surface area (Å²) in [6.45, 7) is 0. The van der Waals surface area contributed by atoms with E-state index < -0.39 is 0 Å². The average molecular weight is 239 g/mol. The van der Waals surface area contributed by atoms with Gasteiger partial charge in [-0.2, -0.15) is 0 Å². The fourth-order valence-corrected chi connectivity index (χ4v) is 2.30. The highest BCUT2D eigenvalue weighted by molar-refractivity contribution is 7.99. The zero-order valence-corrected chi connectivity index (χ0v) is 9.36. The molecule has 0 aromatic heterocycles. The minimum Gasteiger partial charge on any atom is -0.207 e. The van der Waals surface area contributed by atoms with Crippen LogP contribution < -0.4 is 0 Å². The fraction of sp³-hybridized carbons (Fsp3) is 0. The first kappa shape index (κ1) is 10.5. The molecule has 2 aromatic rings. The summed E-state index contributed by atoms with van der Waals surface area (Å²) in [5, 5.41) is 0.710. The van der Waals surface area contributed by atoms with Crippen LogP contribution in [0.25, 0.3) is 0 Å². The quantitative estimate of drug-likeness (QED) is 0.735. The van der Waals surface area contributed by atoms with Gasteiger partial charge in [0.25, 0.3) is 0 Å². The molecule has 0 aliphatic rings. The Balaban J connectivity index is 2.18. The third-order valence-corrected chi connectivity index (χ3v) is 3.08. The van der Waals surface area contributed by atoms with Crippen LogP contribution in [0.15, 0.2) is 58.3 Å². The van der Waals surface area contributed by atoms with Crippen molar-refractivity contribution in [1.82, 2.24) is 0 Å². The smallest absolute Gasteiger partial charge is 0.123 e. The van der Waals surface area contributed by atoms with Crippen LogP contribution in [-0.4, -0.2) is 0 Å². The first-order chi connectivity index (χ1) is 7.24. The summed E-state index contributed by atoms with van der Waals surface area (Å²) in [6, 6.07) is 14.0. The second kappa shape index (κ2) is 4.69. The van der Waals surface area contributed by atoms with Crippen molar-refractivity contribution < 1.29 is 4.39 Å². The molecule has 0 aliphatic heterocycles. The van der Waals surface area contributed by atoms with E-state index in [-0.39, 0.29) is 5.82 Å². The molecule has 76 valence electrons. The van der Waals surface area contributed by atoms with E-state index in [9.17, 15) is 4.39 Å². The lowest BCUT2D eigenvalue weighted by Crippen LogP contribution is -1.75. The molecule has 0 amide bonds. The molecule has 2 aromatic carbocycles. The summed E-state index contributed by atoms with van der Waals surface area (Å²) < 4.78 is 12.7. The van der Waals surface area contributed by atoms with Crippen molar-refractivity contribution in [3.63, 3.8) is 0 Å². The number of hydrogen-bond acceptors (Lipinski definition) is 1. The van der Waals surface area contributed by atoms with Gasteiger partial charge < -0.3 is 0 Å². The Labute approximate surface area is 97.1 Å². The molecule has 0 bridgehead atoms. The van der Waals surface area contributed by atoms with E-state index in [0.29, 0.717) is 5.02 Å². The molecule has 3 heteroatoms. The molecule has 0 nitrogen and oxygen atoms in total. The second-order valence-corrected chi connectivity index (χ2v) is 4.60. The van der Waals surface area contributed by atoms with Crippen molar-refractivity contribution in [3.05, 3.63) is 59.4 Å². The summed E-state index contributed by atoms with van der Waals surface area (Å²) in [5.41, 5.74) is 0. The molecule has 0 fully saturated rings. The molecule has 0 unspecified atom stereocenters.